The number of rotatable bonds is 5. The number of aromatic nitrogens is 1. The second-order valence-electron chi connectivity index (χ2n) is 7.15. The third-order valence-electron chi connectivity index (χ3n) is 3.24. The summed E-state index contributed by atoms with van der Waals surface area (Å²) >= 11 is 1.20. The molecule has 2 aromatic rings. The molecule has 0 bridgehead atoms. The van der Waals surface area contributed by atoms with Crippen LogP contribution in [-0.4, -0.2) is 35.9 Å². The van der Waals surface area contributed by atoms with Crippen molar-refractivity contribution < 1.29 is 14.6 Å². The second kappa shape index (κ2) is 13.7. The molecular formula is C23H34N2O3S. The lowest BCUT2D eigenvalue weighted by molar-refractivity contribution is 0.0701. The van der Waals surface area contributed by atoms with Crippen LogP contribution in [0, 0.1) is 19.8 Å². The predicted molar refractivity (Wildman–Crippen MR) is 125 cm³/mol. The summed E-state index contributed by atoms with van der Waals surface area (Å²) in [6.45, 7) is 18.0. The summed E-state index contributed by atoms with van der Waals surface area (Å²) in [5.74, 6) is 0.410. The molecular weight excluding hydrogens is 384 g/mol. The molecule has 0 aliphatic carbocycles. The van der Waals surface area contributed by atoms with Crippen LogP contribution in [-0.2, 0) is 0 Å². The molecule has 0 saturated carbocycles. The van der Waals surface area contributed by atoms with E-state index in [1.807, 2.05) is 45.9 Å². The van der Waals surface area contributed by atoms with E-state index in [2.05, 4.69) is 30.4 Å². The number of carboxylic acids is 1. The van der Waals surface area contributed by atoms with Crippen LogP contribution in [0.2, 0.25) is 0 Å². The number of carboxylic acid groups (broad SMARTS) is 1. The number of nitrogens with zero attached hydrogens (tertiary/aromatic N) is 2. The van der Waals surface area contributed by atoms with E-state index in [9.17, 15) is 4.79 Å². The van der Waals surface area contributed by atoms with Gasteiger partial charge in [0.1, 0.15) is 15.6 Å². The summed E-state index contributed by atoms with van der Waals surface area (Å²) < 4.78 is 5.75. The van der Waals surface area contributed by atoms with E-state index in [4.69, 9.17) is 9.84 Å². The van der Waals surface area contributed by atoms with E-state index in [-0.39, 0.29) is 0 Å². The van der Waals surface area contributed by atoms with Crippen molar-refractivity contribution in [3.63, 3.8) is 0 Å². The second-order valence-corrected chi connectivity index (χ2v) is 8.15. The lowest BCUT2D eigenvalue weighted by Crippen LogP contribution is -2.05. The molecule has 0 amide bonds. The first kappa shape index (κ1) is 26.5. The number of aryl methyl sites for hydroxylation is 2. The first-order valence-electron chi connectivity index (χ1n) is 9.46. The van der Waals surface area contributed by atoms with Crippen LogP contribution in [0.4, 0.5) is 0 Å². The number of hydrogen-bond donors (Lipinski definition) is 1. The number of benzene rings is 1. The van der Waals surface area contributed by atoms with Gasteiger partial charge in [-0.2, -0.15) is 0 Å². The molecule has 29 heavy (non-hydrogen) atoms. The van der Waals surface area contributed by atoms with Gasteiger partial charge in [-0.25, -0.2) is 9.78 Å². The Morgan fingerprint density at radius 2 is 1.90 bits per heavy atom. The molecule has 0 atom stereocenters. The Balaban J connectivity index is 0.000000837. The van der Waals surface area contributed by atoms with Crippen LogP contribution in [0.25, 0.3) is 10.6 Å². The summed E-state index contributed by atoms with van der Waals surface area (Å²) in [6.07, 6.45) is 1.75. The fourth-order valence-corrected chi connectivity index (χ4v) is 2.82. The first-order valence-corrected chi connectivity index (χ1v) is 10.3. The normalized spacial score (nSPS) is 10.1. The molecule has 0 fully saturated rings. The SMILES string of the molecule is C=C(C)C.CC=NC.Cc1cc(-c2nc(C)c(C(=O)O)s2)ccc1OCC(C)C. The first-order chi connectivity index (χ1) is 13.5. The summed E-state index contributed by atoms with van der Waals surface area (Å²) in [7, 11) is 1.75. The Labute approximate surface area is 179 Å². The van der Waals surface area contributed by atoms with E-state index in [1.54, 1.807) is 20.2 Å². The molecule has 0 radical (unpaired) electrons. The van der Waals surface area contributed by atoms with Crippen molar-refractivity contribution in [1.82, 2.24) is 4.98 Å². The summed E-state index contributed by atoms with van der Waals surface area (Å²) in [6, 6.07) is 5.83. The van der Waals surface area contributed by atoms with Gasteiger partial charge in [0.05, 0.1) is 12.3 Å². The molecule has 160 valence electrons. The van der Waals surface area contributed by atoms with Gasteiger partial charge in [-0.1, -0.05) is 19.4 Å². The lowest BCUT2D eigenvalue weighted by Gasteiger charge is -2.11. The minimum absolute atomic E-state index is 0.294. The van der Waals surface area contributed by atoms with E-state index in [1.165, 1.54) is 16.9 Å². The van der Waals surface area contributed by atoms with Gasteiger partial charge in [-0.15, -0.1) is 17.9 Å². The van der Waals surface area contributed by atoms with Gasteiger partial charge >= 0.3 is 5.97 Å². The molecule has 1 N–H and O–H groups in total. The monoisotopic (exact) mass is 418 g/mol. The van der Waals surface area contributed by atoms with Crippen molar-refractivity contribution in [2.75, 3.05) is 13.7 Å². The van der Waals surface area contributed by atoms with Crippen LogP contribution in [0.3, 0.4) is 0 Å². The summed E-state index contributed by atoms with van der Waals surface area (Å²) in [4.78, 5) is 19.3. The molecule has 6 heteroatoms. The van der Waals surface area contributed by atoms with Crippen LogP contribution in [0.5, 0.6) is 5.75 Å². The zero-order valence-corrected chi connectivity index (χ0v) is 19.7. The Bertz CT molecular complexity index is 816. The fourth-order valence-electron chi connectivity index (χ4n) is 1.92. The van der Waals surface area contributed by atoms with Gasteiger partial charge in [0, 0.05) is 12.6 Å². The third-order valence-corrected chi connectivity index (χ3v) is 4.44. The van der Waals surface area contributed by atoms with Gasteiger partial charge in [-0.05, 0) is 70.5 Å². The van der Waals surface area contributed by atoms with Gasteiger partial charge in [0.15, 0.2) is 0 Å². The minimum Gasteiger partial charge on any atom is -0.493 e. The quantitative estimate of drug-likeness (QED) is 0.447. The maximum absolute atomic E-state index is 11.1. The van der Waals surface area contributed by atoms with E-state index in [0.29, 0.717) is 23.1 Å². The highest BCUT2D eigenvalue weighted by Crippen LogP contribution is 2.31. The van der Waals surface area contributed by atoms with Crippen LogP contribution in [0.1, 0.15) is 55.5 Å². The smallest absolute Gasteiger partial charge is 0.347 e. The van der Waals surface area contributed by atoms with Crippen LogP contribution in [0.15, 0.2) is 35.3 Å². The molecule has 2 rings (SSSR count). The highest BCUT2D eigenvalue weighted by molar-refractivity contribution is 7.17. The van der Waals surface area contributed by atoms with E-state index >= 15 is 0 Å². The number of allylic oxidation sites excluding steroid dienone is 1. The molecule has 0 aliphatic rings. The number of thiazole rings is 1. The minimum atomic E-state index is -0.926. The Morgan fingerprint density at radius 1 is 1.34 bits per heavy atom. The Hall–Kier alpha value is -2.47. The number of aliphatic imine (C=N–C) groups is 1. The maximum atomic E-state index is 11.1. The zero-order valence-electron chi connectivity index (χ0n) is 18.9. The zero-order chi connectivity index (χ0) is 22.6. The summed E-state index contributed by atoms with van der Waals surface area (Å²) in [5, 5.41) is 9.82. The molecule has 0 aliphatic heterocycles. The van der Waals surface area contributed by atoms with Crippen molar-refractivity contribution in [1.29, 1.82) is 0 Å². The van der Waals surface area contributed by atoms with Gasteiger partial charge in [0.25, 0.3) is 0 Å². The standard InChI is InChI=1S/C16H19NO3S.C4H8.C3H7N/c1-9(2)8-20-13-6-5-12(7-10(13)3)15-17-11(4)14(21-15)16(18)19;1-4(2)3;1-3-4-2/h5-7,9H,8H2,1-4H3,(H,18,19);1H2,2-3H3;3H,1-2H3. The van der Waals surface area contributed by atoms with E-state index < -0.39 is 5.97 Å². The average molecular weight is 419 g/mol. The van der Waals surface area contributed by atoms with Crippen molar-refractivity contribution in [2.24, 2.45) is 10.9 Å². The van der Waals surface area contributed by atoms with Crippen molar-refractivity contribution >= 4 is 23.5 Å². The fraction of sp³-hybridized carbons (Fsp3) is 0.435. The molecule has 1 aromatic carbocycles. The van der Waals surface area contributed by atoms with Gasteiger partial charge in [-0.3, -0.25) is 0 Å². The van der Waals surface area contributed by atoms with Crippen molar-refractivity contribution in [3.05, 3.63) is 46.5 Å². The molecule has 0 spiro atoms. The van der Waals surface area contributed by atoms with Crippen LogP contribution < -0.4 is 4.74 Å². The molecule has 1 heterocycles. The maximum Gasteiger partial charge on any atom is 0.347 e. The largest absolute Gasteiger partial charge is 0.493 e. The molecule has 0 saturated heterocycles. The highest BCUT2D eigenvalue weighted by Gasteiger charge is 2.15. The highest BCUT2D eigenvalue weighted by atomic mass is 32.1. The number of carbonyl (C=O) groups is 1. The number of hydrogen-bond acceptors (Lipinski definition) is 5. The predicted octanol–water partition coefficient (Wildman–Crippen LogP) is 6.45. The van der Waals surface area contributed by atoms with E-state index in [0.717, 1.165) is 21.9 Å². The van der Waals surface area contributed by atoms with Gasteiger partial charge in [0.2, 0.25) is 0 Å². The Kier molecular flexibility index (Phi) is 12.5. The van der Waals surface area contributed by atoms with Gasteiger partial charge < -0.3 is 14.8 Å². The molecule has 0 unspecified atom stereocenters. The summed E-state index contributed by atoms with van der Waals surface area (Å²) in [5.41, 5.74) is 3.67. The topological polar surface area (TPSA) is 71.8 Å². The number of aromatic carboxylic acids is 1. The number of ether oxygens (including phenoxy) is 1. The average Bonchev–Trinajstić information content (AvgIpc) is 3.02. The third kappa shape index (κ3) is 10.6. The molecule has 1 aromatic heterocycles. The molecule has 5 nitrogen and oxygen atoms in total. The van der Waals surface area contributed by atoms with Crippen molar-refractivity contribution in [2.45, 2.75) is 48.5 Å². The van der Waals surface area contributed by atoms with Crippen molar-refractivity contribution in [3.8, 4) is 16.3 Å². The van der Waals surface area contributed by atoms with Crippen LogP contribution >= 0.6 is 11.3 Å². The lowest BCUT2D eigenvalue weighted by atomic mass is 10.1. The Morgan fingerprint density at radius 3 is 2.28 bits per heavy atom.